The molecular formula is C22H28N6O8. The molecule has 0 saturated carbocycles. The van der Waals surface area contributed by atoms with Crippen LogP contribution in [0.2, 0.25) is 0 Å². The van der Waals surface area contributed by atoms with E-state index in [1.165, 1.54) is 0 Å². The summed E-state index contributed by atoms with van der Waals surface area (Å²) in [5.74, 6) is -5.98. The molecule has 0 aliphatic carbocycles. The Morgan fingerprint density at radius 2 is 1.67 bits per heavy atom. The molecule has 14 nitrogen and oxygen atoms in total. The minimum absolute atomic E-state index is 0.0161. The maximum atomic E-state index is 12.5. The first-order valence-corrected chi connectivity index (χ1v) is 10.9. The zero-order valence-corrected chi connectivity index (χ0v) is 19.2. The molecule has 0 spiro atoms. The standard InChI is InChI=1S/C22H28N6O8/c23-13(8-19(31)32)20(33)28-15(5-6-17(24)29)21(34)26-10-18(30)27-16(22(35)36)7-11-9-25-14-4-2-1-3-12(11)14/h1-4,9,13,15-16,25H,5-8,10,23H2,(H2,24,29)(H,26,34)(H,27,30)(H,28,33)(H,31,32)(H,35,36). The number of carbonyl (C=O) groups is 6. The molecule has 2 aromatic rings. The molecule has 10 N–H and O–H groups in total. The monoisotopic (exact) mass is 504 g/mol. The number of hydrogen-bond acceptors (Lipinski definition) is 7. The summed E-state index contributed by atoms with van der Waals surface area (Å²) in [6, 6.07) is 3.18. The van der Waals surface area contributed by atoms with Gasteiger partial charge in [0.1, 0.15) is 12.1 Å². The van der Waals surface area contributed by atoms with Gasteiger partial charge in [-0.15, -0.1) is 0 Å². The van der Waals surface area contributed by atoms with Crippen LogP contribution in [0.15, 0.2) is 30.5 Å². The van der Waals surface area contributed by atoms with E-state index in [1.54, 1.807) is 12.3 Å². The zero-order valence-electron chi connectivity index (χ0n) is 19.2. The SMILES string of the molecule is NC(=O)CCC(NC(=O)C(N)CC(=O)O)C(=O)NCC(=O)NC(Cc1c[nH]c2ccccc12)C(=O)O. The lowest BCUT2D eigenvalue weighted by molar-refractivity contribution is -0.141. The van der Waals surface area contributed by atoms with Crippen molar-refractivity contribution < 1.29 is 39.0 Å². The Morgan fingerprint density at radius 1 is 0.972 bits per heavy atom. The van der Waals surface area contributed by atoms with Crippen molar-refractivity contribution in [3.8, 4) is 0 Å². The number of benzene rings is 1. The first-order valence-electron chi connectivity index (χ1n) is 10.9. The van der Waals surface area contributed by atoms with Gasteiger partial charge in [-0.3, -0.25) is 24.0 Å². The summed E-state index contributed by atoms with van der Waals surface area (Å²) in [6.45, 7) is -0.624. The topological polar surface area (TPSA) is 247 Å². The number of fused-ring (bicyclic) bond motifs is 1. The van der Waals surface area contributed by atoms with Gasteiger partial charge in [0.25, 0.3) is 0 Å². The van der Waals surface area contributed by atoms with Crippen LogP contribution < -0.4 is 27.4 Å². The molecule has 0 aliphatic rings. The van der Waals surface area contributed by atoms with Gasteiger partial charge in [0.15, 0.2) is 0 Å². The van der Waals surface area contributed by atoms with Crippen LogP contribution in [0, 0.1) is 0 Å². The van der Waals surface area contributed by atoms with E-state index in [9.17, 15) is 33.9 Å². The van der Waals surface area contributed by atoms with Gasteiger partial charge in [-0.2, -0.15) is 0 Å². The van der Waals surface area contributed by atoms with Crippen molar-refractivity contribution >= 4 is 46.5 Å². The molecule has 14 heteroatoms. The van der Waals surface area contributed by atoms with E-state index in [2.05, 4.69) is 20.9 Å². The van der Waals surface area contributed by atoms with Crippen LogP contribution in [0.25, 0.3) is 10.9 Å². The highest BCUT2D eigenvalue weighted by atomic mass is 16.4. The molecule has 4 amide bonds. The van der Waals surface area contributed by atoms with E-state index in [1.807, 2.05) is 18.2 Å². The summed E-state index contributed by atoms with van der Waals surface area (Å²) in [5, 5.41) is 25.9. The Balaban J connectivity index is 1.98. The van der Waals surface area contributed by atoms with Crippen molar-refractivity contribution in [1.29, 1.82) is 0 Å². The number of carboxylic acid groups (broad SMARTS) is 2. The summed E-state index contributed by atoms with van der Waals surface area (Å²) < 4.78 is 0. The van der Waals surface area contributed by atoms with Crippen LogP contribution in [-0.4, -0.2) is 75.4 Å². The van der Waals surface area contributed by atoms with Crippen molar-refractivity contribution in [3.63, 3.8) is 0 Å². The van der Waals surface area contributed by atoms with Crippen LogP contribution in [0.3, 0.4) is 0 Å². The van der Waals surface area contributed by atoms with Crippen molar-refractivity contribution in [2.24, 2.45) is 11.5 Å². The third kappa shape index (κ3) is 8.39. The molecule has 0 aliphatic heterocycles. The molecule has 3 unspecified atom stereocenters. The highest BCUT2D eigenvalue weighted by molar-refractivity contribution is 5.94. The van der Waals surface area contributed by atoms with Crippen LogP contribution in [-0.2, 0) is 35.2 Å². The van der Waals surface area contributed by atoms with Gasteiger partial charge >= 0.3 is 11.9 Å². The molecule has 0 saturated heterocycles. The molecule has 1 aromatic heterocycles. The number of amides is 4. The summed E-state index contributed by atoms with van der Waals surface area (Å²) in [6.07, 6.45) is 0.426. The lowest BCUT2D eigenvalue weighted by Crippen LogP contribution is -2.54. The number of nitrogens with two attached hydrogens (primary N) is 2. The number of primary amides is 1. The molecule has 3 atom stereocenters. The largest absolute Gasteiger partial charge is 0.481 e. The molecule has 0 bridgehead atoms. The number of para-hydroxylation sites is 1. The number of hydrogen-bond donors (Lipinski definition) is 8. The summed E-state index contributed by atoms with van der Waals surface area (Å²) in [4.78, 5) is 73.5. The van der Waals surface area contributed by atoms with E-state index >= 15 is 0 Å². The second kappa shape index (κ2) is 12.9. The molecule has 0 fully saturated rings. The Labute approximate surface area is 204 Å². The summed E-state index contributed by atoms with van der Waals surface area (Å²) in [7, 11) is 0. The summed E-state index contributed by atoms with van der Waals surface area (Å²) >= 11 is 0. The van der Waals surface area contributed by atoms with Crippen molar-refractivity contribution in [1.82, 2.24) is 20.9 Å². The maximum Gasteiger partial charge on any atom is 0.326 e. The van der Waals surface area contributed by atoms with Crippen LogP contribution in [0.4, 0.5) is 0 Å². The van der Waals surface area contributed by atoms with Gasteiger partial charge in [-0.1, -0.05) is 18.2 Å². The zero-order chi connectivity index (χ0) is 26.8. The first-order chi connectivity index (χ1) is 17.0. The third-order valence-electron chi connectivity index (χ3n) is 5.20. The number of aromatic nitrogens is 1. The van der Waals surface area contributed by atoms with Gasteiger partial charge in [0.05, 0.1) is 19.0 Å². The normalized spacial score (nSPS) is 13.2. The number of H-pyrrole nitrogens is 1. The fourth-order valence-electron chi connectivity index (χ4n) is 3.37. The van der Waals surface area contributed by atoms with Crippen molar-refractivity contribution in [2.45, 2.75) is 43.8 Å². The molecular weight excluding hydrogens is 476 g/mol. The maximum absolute atomic E-state index is 12.5. The van der Waals surface area contributed by atoms with E-state index in [-0.39, 0.29) is 19.3 Å². The van der Waals surface area contributed by atoms with E-state index in [4.69, 9.17) is 16.6 Å². The second-order valence-electron chi connectivity index (χ2n) is 8.01. The predicted octanol–water partition coefficient (Wildman–Crippen LogP) is -2.05. The van der Waals surface area contributed by atoms with Gasteiger partial charge < -0.3 is 42.6 Å². The Morgan fingerprint density at radius 3 is 2.31 bits per heavy atom. The second-order valence-corrected chi connectivity index (χ2v) is 8.01. The van der Waals surface area contributed by atoms with Crippen LogP contribution in [0.5, 0.6) is 0 Å². The number of rotatable bonds is 14. The van der Waals surface area contributed by atoms with Crippen molar-refractivity contribution in [2.75, 3.05) is 6.54 Å². The molecule has 1 heterocycles. The molecule has 1 aromatic carbocycles. The number of nitrogens with one attached hydrogen (secondary N) is 4. The van der Waals surface area contributed by atoms with Crippen LogP contribution in [0.1, 0.15) is 24.8 Å². The van der Waals surface area contributed by atoms with Gasteiger partial charge in [-0.25, -0.2) is 4.79 Å². The smallest absolute Gasteiger partial charge is 0.326 e. The lowest BCUT2D eigenvalue weighted by Gasteiger charge is -2.20. The summed E-state index contributed by atoms with van der Waals surface area (Å²) in [5.41, 5.74) is 12.0. The average molecular weight is 505 g/mol. The fraction of sp³-hybridized carbons (Fsp3) is 0.364. The first kappa shape index (κ1) is 27.8. The number of carbonyl (C=O) groups excluding carboxylic acids is 4. The fourth-order valence-corrected chi connectivity index (χ4v) is 3.37. The quantitative estimate of drug-likeness (QED) is 0.141. The van der Waals surface area contributed by atoms with Crippen LogP contribution >= 0.6 is 0 Å². The van der Waals surface area contributed by atoms with Crippen molar-refractivity contribution in [3.05, 3.63) is 36.0 Å². The van der Waals surface area contributed by atoms with E-state index in [0.717, 1.165) is 10.9 Å². The van der Waals surface area contributed by atoms with Gasteiger partial charge in [0.2, 0.25) is 23.6 Å². The number of aromatic amines is 1. The average Bonchev–Trinajstić information content (AvgIpc) is 3.21. The molecule has 0 radical (unpaired) electrons. The molecule has 36 heavy (non-hydrogen) atoms. The van der Waals surface area contributed by atoms with E-state index in [0.29, 0.717) is 5.56 Å². The Hall–Kier alpha value is -4.46. The third-order valence-corrected chi connectivity index (χ3v) is 5.20. The minimum Gasteiger partial charge on any atom is -0.481 e. The van der Waals surface area contributed by atoms with Gasteiger partial charge in [-0.05, 0) is 18.1 Å². The predicted molar refractivity (Wildman–Crippen MR) is 125 cm³/mol. The number of carboxylic acids is 2. The minimum atomic E-state index is -1.45. The highest BCUT2D eigenvalue weighted by Gasteiger charge is 2.27. The number of aliphatic carboxylic acids is 2. The molecule has 2 rings (SSSR count). The highest BCUT2D eigenvalue weighted by Crippen LogP contribution is 2.19. The lowest BCUT2D eigenvalue weighted by atomic mass is 10.0. The van der Waals surface area contributed by atoms with Gasteiger partial charge in [0, 0.05) is 29.9 Å². The van der Waals surface area contributed by atoms with E-state index < -0.39 is 66.7 Å². The Bertz CT molecular complexity index is 1150. The molecule has 194 valence electrons. The Kier molecular flexibility index (Phi) is 9.92.